The molecule has 1 fully saturated rings. The van der Waals surface area contributed by atoms with Crippen molar-refractivity contribution in [1.82, 2.24) is 9.88 Å². The van der Waals surface area contributed by atoms with Gasteiger partial charge in [-0.25, -0.2) is 4.98 Å². The average molecular weight is 433 g/mol. The van der Waals surface area contributed by atoms with Crippen LogP contribution in [0.4, 0.5) is 10.8 Å². The SMILES string of the molecule is COc1ccc(NC(=O)C2CCCN(CC(=O)Nc3nc(C)c(C)s3)C2)cc1OC. The summed E-state index contributed by atoms with van der Waals surface area (Å²) < 4.78 is 10.5. The Labute approximate surface area is 180 Å². The number of benzene rings is 1. The number of thiazole rings is 1. The highest BCUT2D eigenvalue weighted by atomic mass is 32.1. The second-order valence-corrected chi connectivity index (χ2v) is 8.55. The number of nitrogens with one attached hydrogen (secondary N) is 2. The molecule has 2 amide bonds. The van der Waals surface area contributed by atoms with Gasteiger partial charge in [0.15, 0.2) is 16.6 Å². The molecule has 1 unspecified atom stereocenters. The summed E-state index contributed by atoms with van der Waals surface area (Å²) in [5.41, 5.74) is 1.59. The van der Waals surface area contributed by atoms with Gasteiger partial charge in [-0.1, -0.05) is 0 Å². The molecule has 9 heteroatoms. The number of methoxy groups -OCH3 is 2. The van der Waals surface area contributed by atoms with Crippen molar-refractivity contribution in [1.29, 1.82) is 0 Å². The number of rotatable bonds is 7. The molecule has 0 saturated carbocycles. The fourth-order valence-corrected chi connectivity index (χ4v) is 4.29. The molecule has 162 valence electrons. The quantitative estimate of drug-likeness (QED) is 0.699. The lowest BCUT2D eigenvalue weighted by Gasteiger charge is -2.31. The normalized spacial score (nSPS) is 16.7. The van der Waals surface area contributed by atoms with Crippen molar-refractivity contribution in [3.05, 3.63) is 28.8 Å². The van der Waals surface area contributed by atoms with Crippen molar-refractivity contribution >= 4 is 34.0 Å². The first-order chi connectivity index (χ1) is 14.4. The van der Waals surface area contributed by atoms with Crippen LogP contribution in [0.25, 0.3) is 0 Å². The molecule has 0 radical (unpaired) electrons. The molecular formula is C21H28N4O4S. The Balaban J connectivity index is 1.54. The number of carbonyl (C=O) groups excluding carboxylic acids is 2. The van der Waals surface area contributed by atoms with Crippen LogP contribution in [-0.4, -0.2) is 55.6 Å². The molecule has 1 aliphatic heterocycles. The van der Waals surface area contributed by atoms with Gasteiger partial charge < -0.3 is 20.1 Å². The zero-order valence-corrected chi connectivity index (χ0v) is 18.6. The lowest BCUT2D eigenvalue weighted by atomic mass is 9.97. The minimum Gasteiger partial charge on any atom is -0.493 e. The number of piperidine rings is 1. The standard InChI is InChI=1S/C21H28N4O4S/c1-13-14(2)30-21(22-13)24-19(26)12-25-9-5-6-15(11-25)20(27)23-16-7-8-17(28-3)18(10-16)29-4/h7-8,10,15H,5-6,9,11-12H2,1-4H3,(H,23,27)(H,22,24,26). The van der Waals surface area contributed by atoms with E-state index < -0.39 is 0 Å². The van der Waals surface area contributed by atoms with Gasteiger partial charge in [-0.2, -0.15) is 0 Å². The van der Waals surface area contributed by atoms with Gasteiger partial charge in [0.05, 0.1) is 32.4 Å². The first-order valence-electron chi connectivity index (χ1n) is 9.88. The zero-order chi connectivity index (χ0) is 21.7. The fraction of sp³-hybridized carbons (Fsp3) is 0.476. The van der Waals surface area contributed by atoms with Crippen molar-refractivity contribution in [2.45, 2.75) is 26.7 Å². The smallest absolute Gasteiger partial charge is 0.240 e. The van der Waals surface area contributed by atoms with Gasteiger partial charge in [0.2, 0.25) is 11.8 Å². The summed E-state index contributed by atoms with van der Waals surface area (Å²) >= 11 is 1.47. The van der Waals surface area contributed by atoms with Crippen molar-refractivity contribution in [2.24, 2.45) is 5.92 Å². The van der Waals surface area contributed by atoms with E-state index in [2.05, 4.69) is 15.6 Å². The number of ether oxygens (including phenoxy) is 2. The lowest BCUT2D eigenvalue weighted by Crippen LogP contribution is -2.43. The van der Waals surface area contributed by atoms with Crippen LogP contribution in [0.5, 0.6) is 11.5 Å². The molecule has 1 atom stereocenters. The maximum atomic E-state index is 12.8. The minimum absolute atomic E-state index is 0.0569. The van der Waals surface area contributed by atoms with E-state index in [1.54, 1.807) is 32.4 Å². The van der Waals surface area contributed by atoms with E-state index in [1.807, 2.05) is 18.7 Å². The monoisotopic (exact) mass is 432 g/mol. The number of aromatic nitrogens is 1. The zero-order valence-electron chi connectivity index (χ0n) is 17.8. The number of nitrogens with zero attached hydrogens (tertiary/aromatic N) is 2. The average Bonchev–Trinajstić information content (AvgIpc) is 3.04. The highest BCUT2D eigenvalue weighted by Gasteiger charge is 2.27. The second kappa shape index (κ2) is 9.90. The second-order valence-electron chi connectivity index (χ2n) is 7.34. The number of amides is 2. The highest BCUT2D eigenvalue weighted by molar-refractivity contribution is 7.15. The number of hydrogen-bond donors (Lipinski definition) is 2. The van der Waals surface area contributed by atoms with Crippen molar-refractivity contribution in [3.8, 4) is 11.5 Å². The summed E-state index contributed by atoms with van der Waals surface area (Å²) in [5, 5.41) is 6.43. The third kappa shape index (κ3) is 5.48. The van der Waals surface area contributed by atoms with Crippen LogP contribution in [0.3, 0.4) is 0 Å². The predicted octanol–water partition coefficient (Wildman–Crippen LogP) is 3.07. The molecule has 2 heterocycles. The van der Waals surface area contributed by atoms with E-state index >= 15 is 0 Å². The number of carbonyl (C=O) groups is 2. The van der Waals surface area contributed by atoms with Gasteiger partial charge in [0, 0.05) is 23.2 Å². The third-order valence-corrected chi connectivity index (χ3v) is 6.16. The Morgan fingerprint density at radius 1 is 1.20 bits per heavy atom. The molecule has 30 heavy (non-hydrogen) atoms. The molecule has 3 rings (SSSR count). The Morgan fingerprint density at radius 3 is 2.63 bits per heavy atom. The number of hydrogen-bond acceptors (Lipinski definition) is 7. The number of likely N-dealkylation sites (tertiary alicyclic amines) is 1. The first kappa shape index (κ1) is 22.0. The molecule has 1 aliphatic rings. The Kier molecular flexibility index (Phi) is 7.28. The maximum Gasteiger partial charge on any atom is 0.240 e. The molecule has 0 aliphatic carbocycles. The highest BCUT2D eigenvalue weighted by Crippen LogP contribution is 2.30. The van der Waals surface area contributed by atoms with Crippen LogP contribution < -0.4 is 20.1 Å². The van der Waals surface area contributed by atoms with E-state index in [0.29, 0.717) is 28.9 Å². The van der Waals surface area contributed by atoms with Gasteiger partial charge in [0.1, 0.15) is 0 Å². The Morgan fingerprint density at radius 2 is 1.97 bits per heavy atom. The molecule has 0 bridgehead atoms. The van der Waals surface area contributed by atoms with E-state index in [4.69, 9.17) is 9.47 Å². The maximum absolute atomic E-state index is 12.8. The minimum atomic E-state index is -0.177. The van der Waals surface area contributed by atoms with Gasteiger partial charge in [-0.15, -0.1) is 11.3 Å². The number of anilines is 2. The van der Waals surface area contributed by atoms with Crippen LogP contribution in [0, 0.1) is 19.8 Å². The van der Waals surface area contributed by atoms with Crippen molar-refractivity contribution in [2.75, 3.05) is 44.5 Å². The van der Waals surface area contributed by atoms with E-state index in [9.17, 15) is 9.59 Å². The molecular weight excluding hydrogens is 404 g/mol. The van der Waals surface area contributed by atoms with E-state index in [1.165, 1.54) is 11.3 Å². The topological polar surface area (TPSA) is 92.8 Å². The van der Waals surface area contributed by atoms with Crippen LogP contribution in [-0.2, 0) is 9.59 Å². The van der Waals surface area contributed by atoms with Gasteiger partial charge in [-0.05, 0) is 45.4 Å². The largest absolute Gasteiger partial charge is 0.493 e. The lowest BCUT2D eigenvalue weighted by molar-refractivity contribution is -0.123. The summed E-state index contributed by atoms with van der Waals surface area (Å²) in [5.74, 6) is 0.827. The van der Waals surface area contributed by atoms with E-state index in [-0.39, 0.29) is 24.3 Å². The van der Waals surface area contributed by atoms with Crippen LogP contribution in [0.1, 0.15) is 23.4 Å². The third-order valence-electron chi connectivity index (χ3n) is 5.17. The predicted molar refractivity (Wildman–Crippen MR) is 118 cm³/mol. The number of aryl methyl sites for hydroxylation is 2. The van der Waals surface area contributed by atoms with Crippen molar-refractivity contribution < 1.29 is 19.1 Å². The molecule has 1 aromatic carbocycles. The van der Waals surface area contributed by atoms with Crippen molar-refractivity contribution in [3.63, 3.8) is 0 Å². The van der Waals surface area contributed by atoms with Crippen LogP contribution >= 0.6 is 11.3 Å². The Hall–Kier alpha value is -2.65. The van der Waals surface area contributed by atoms with Crippen LogP contribution in [0.15, 0.2) is 18.2 Å². The summed E-state index contributed by atoms with van der Waals surface area (Å²) in [4.78, 5) is 32.6. The summed E-state index contributed by atoms with van der Waals surface area (Å²) in [6.07, 6.45) is 1.66. The first-order valence-corrected chi connectivity index (χ1v) is 10.7. The summed E-state index contributed by atoms with van der Waals surface area (Å²) in [6, 6.07) is 5.28. The van der Waals surface area contributed by atoms with Crippen LogP contribution in [0.2, 0.25) is 0 Å². The van der Waals surface area contributed by atoms with Gasteiger partial charge >= 0.3 is 0 Å². The van der Waals surface area contributed by atoms with Gasteiger partial charge in [0.25, 0.3) is 0 Å². The summed E-state index contributed by atoms with van der Waals surface area (Å²) in [7, 11) is 3.13. The van der Waals surface area contributed by atoms with E-state index in [0.717, 1.165) is 30.0 Å². The molecule has 0 spiro atoms. The fourth-order valence-electron chi connectivity index (χ4n) is 3.46. The molecule has 2 aromatic rings. The molecule has 1 aromatic heterocycles. The Bertz CT molecular complexity index is 895. The molecule has 8 nitrogen and oxygen atoms in total. The molecule has 2 N–H and O–H groups in total. The molecule has 1 saturated heterocycles. The summed E-state index contributed by atoms with van der Waals surface area (Å²) in [6.45, 7) is 5.49. The van der Waals surface area contributed by atoms with Gasteiger partial charge in [-0.3, -0.25) is 14.5 Å².